The molecule has 0 saturated heterocycles. The number of aromatic nitrogens is 1. The van der Waals surface area contributed by atoms with Crippen LogP contribution in [0.15, 0.2) is 108 Å². The Hall–Kier alpha value is -5.32. The van der Waals surface area contributed by atoms with Gasteiger partial charge in [-0.05, 0) is 84.6 Å². The number of rotatable bonds is 4. The number of hydrogen-bond acceptors (Lipinski definition) is 2. The van der Waals surface area contributed by atoms with Crippen molar-refractivity contribution in [2.75, 3.05) is 0 Å². The van der Waals surface area contributed by atoms with Crippen molar-refractivity contribution in [2.45, 2.75) is 12.8 Å². The maximum Gasteiger partial charge on any atom is 0.188 e. The lowest BCUT2D eigenvalue weighted by Gasteiger charge is -2.08. The molecule has 0 aliphatic carbocycles. The fourth-order valence-electron chi connectivity index (χ4n) is 5.56. The third-order valence-corrected chi connectivity index (χ3v) is 7.32. The number of benzene rings is 5. The van der Waals surface area contributed by atoms with E-state index in [-0.39, 0.29) is 0 Å². The summed E-state index contributed by atoms with van der Waals surface area (Å²) in [6.07, 6.45) is 1.56. The summed E-state index contributed by atoms with van der Waals surface area (Å²) in [6.45, 7) is 7.63. The second-order valence-electron chi connectivity index (χ2n) is 9.56. The van der Waals surface area contributed by atoms with Crippen LogP contribution in [-0.4, -0.2) is 4.57 Å². The van der Waals surface area contributed by atoms with E-state index in [1.807, 2.05) is 30.3 Å². The normalized spacial score (nSPS) is 11.3. The van der Waals surface area contributed by atoms with Crippen molar-refractivity contribution in [1.29, 1.82) is 5.26 Å². The molecule has 0 spiro atoms. The lowest BCUT2D eigenvalue weighted by atomic mass is 9.99. The fourth-order valence-corrected chi connectivity index (χ4v) is 5.56. The van der Waals surface area contributed by atoms with Crippen molar-refractivity contribution in [3.8, 4) is 11.8 Å². The molecule has 5 aromatic carbocycles. The van der Waals surface area contributed by atoms with Gasteiger partial charge in [-0.2, -0.15) is 5.26 Å². The van der Waals surface area contributed by atoms with Gasteiger partial charge in [-0.3, -0.25) is 0 Å². The number of hydrogen-bond donors (Lipinski definition) is 0. The van der Waals surface area contributed by atoms with E-state index in [4.69, 9.17) is 11.0 Å². The van der Waals surface area contributed by atoms with Gasteiger partial charge in [0.05, 0.1) is 29.2 Å². The molecule has 4 nitrogen and oxygen atoms in total. The molecule has 178 valence electrons. The van der Waals surface area contributed by atoms with Gasteiger partial charge in [-0.1, -0.05) is 42.5 Å². The molecule has 2 heterocycles. The average Bonchev–Trinajstić information content (AvgIpc) is 3.51. The molecule has 4 heteroatoms. The van der Waals surface area contributed by atoms with Gasteiger partial charge in [0.2, 0.25) is 0 Å². The van der Waals surface area contributed by atoms with Crippen LogP contribution in [0.1, 0.15) is 16.7 Å². The summed E-state index contributed by atoms with van der Waals surface area (Å²) in [5.74, 6) is 0. The number of nitriles is 1. The third-order valence-electron chi connectivity index (χ3n) is 7.32. The first kappa shape index (κ1) is 21.9. The number of para-hydroxylation sites is 2. The summed E-state index contributed by atoms with van der Waals surface area (Å²) >= 11 is 0. The first-order valence-electron chi connectivity index (χ1n) is 12.6. The van der Waals surface area contributed by atoms with Gasteiger partial charge in [0.1, 0.15) is 11.2 Å². The summed E-state index contributed by atoms with van der Waals surface area (Å²) in [6, 6.07) is 37.2. The Morgan fingerprint density at radius 1 is 0.737 bits per heavy atom. The average molecular weight is 488 g/mol. The molecule has 7 aromatic rings. The Kier molecular flexibility index (Phi) is 5.00. The second kappa shape index (κ2) is 8.66. The van der Waals surface area contributed by atoms with Crippen LogP contribution in [0.5, 0.6) is 0 Å². The summed E-state index contributed by atoms with van der Waals surface area (Å²) < 4.78 is 8.56. The van der Waals surface area contributed by atoms with E-state index in [1.165, 1.54) is 27.4 Å². The quantitative estimate of drug-likeness (QED) is 0.233. The number of nitrogens with zero attached hydrogens (tertiary/aromatic N) is 3. The highest BCUT2D eigenvalue weighted by molar-refractivity contribution is 6.10. The molecule has 7 rings (SSSR count). The first-order valence-corrected chi connectivity index (χ1v) is 12.6. The minimum Gasteiger partial charge on any atom is -0.456 e. The summed E-state index contributed by atoms with van der Waals surface area (Å²) in [5, 5.41) is 13.6. The summed E-state index contributed by atoms with van der Waals surface area (Å²) in [5.41, 5.74) is 8.46. The minimum atomic E-state index is 0.581. The van der Waals surface area contributed by atoms with Crippen molar-refractivity contribution >= 4 is 49.4 Å². The highest BCUT2D eigenvalue weighted by Gasteiger charge is 2.15. The van der Waals surface area contributed by atoms with Crippen LogP contribution in [0.3, 0.4) is 0 Å². The highest BCUT2D eigenvalue weighted by atomic mass is 16.3. The molecular weight excluding hydrogens is 466 g/mol. The Morgan fingerprint density at radius 2 is 1.55 bits per heavy atom. The zero-order chi connectivity index (χ0) is 25.6. The topological polar surface area (TPSA) is 46.2 Å². The number of aryl methyl sites for hydroxylation is 2. The van der Waals surface area contributed by atoms with Crippen LogP contribution in [0.25, 0.3) is 54.3 Å². The predicted molar refractivity (Wildman–Crippen MR) is 153 cm³/mol. The Labute approximate surface area is 219 Å². The lowest BCUT2D eigenvalue weighted by Crippen LogP contribution is -1.94. The van der Waals surface area contributed by atoms with Crippen molar-refractivity contribution in [1.82, 2.24) is 4.57 Å². The van der Waals surface area contributed by atoms with Crippen LogP contribution < -0.4 is 0 Å². The Bertz CT molecular complexity index is 2100. The molecule has 0 saturated carbocycles. The zero-order valence-electron chi connectivity index (χ0n) is 20.5. The highest BCUT2D eigenvalue weighted by Crippen LogP contribution is 2.36. The summed E-state index contributed by atoms with van der Waals surface area (Å²) in [7, 11) is 0. The predicted octanol–water partition coefficient (Wildman–Crippen LogP) is 8.89. The van der Waals surface area contributed by atoms with Crippen molar-refractivity contribution in [3.63, 3.8) is 0 Å². The van der Waals surface area contributed by atoms with E-state index in [1.54, 1.807) is 6.07 Å². The molecule has 0 N–H and O–H groups in total. The van der Waals surface area contributed by atoms with Gasteiger partial charge in [0.25, 0.3) is 0 Å². The number of furan rings is 1. The van der Waals surface area contributed by atoms with Gasteiger partial charge in [-0.15, -0.1) is 0 Å². The standard InChI is InChI=1S/C34H21N3O/c1-36-25-19-24(34-30(20-25)29-18-23(21-35)13-16-33(29)38-34)14-11-22-12-15-32-28(17-22)27-9-5-6-10-31(27)37(32)26-7-3-2-4-8-26/h2-10,12-13,15-20H,11,14H2. The molecule has 0 bridgehead atoms. The van der Waals surface area contributed by atoms with Crippen molar-refractivity contribution in [3.05, 3.63) is 131 Å². The van der Waals surface area contributed by atoms with E-state index in [2.05, 4.69) is 82.2 Å². The van der Waals surface area contributed by atoms with Crippen LogP contribution in [-0.2, 0) is 12.8 Å². The SMILES string of the molecule is [C-]#[N+]c1cc(CCc2ccc3c(c2)c2ccccc2n3-c2ccccc2)c2oc3ccc(C#N)cc3c2c1. The monoisotopic (exact) mass is 487 g/mol. The minimum absolute atomic E-state index is 0.581. The first-order chi connectivity index (χ1) is 18.7. The Morgan fingerprint density at radius 3 is 2.39 bits per heavy atom. The van der Waals surface area contributed by atoms with Gasteiger partial charge in [-0.25, -0.2) is 4.85 Å². The fraction of sp³-hybridized carbons (Fsp3) is 0.0588. The third kappa shape index (κ3) is 3.44. The van der Waals surface area contributed by atoms with E-state index < -0.39 is 0 Å². The largest absolute Gasteiger partial charge is 0.456 e. The smallest absolute Gasteiger partial charge is 0.188 e. The van der Waals surface area contributed by atoms with Crippen LogP contribution in [0.2, 0.25) is 0 Å². The van der Waals surface area contributed by atoms with E-state index in [0.717, 1.165) is 46.0 Å². The molecule has 38 heavy (non-hydrogen) atoms. The van der Waals surface area contributed by atoms with Gasteiger partial charge in [0.15, 0.2) is 5.69 Å². The van der Waals surface area contributed by atoms with Crippen molar-refractivity contribution in [2.24, 2.45) is 0 Å². The molecule has 0 unspecified atom stereocenters. The second-order valence-corrected chi connectivity index (χ2v) is 9.56. The molecule has 0 amide bonds. The molecule has 0 aliphatic rings. The molecule has 2 aromatic heterocycles. The lowest BCUT2D eigenvalue weighted by molar-refractivity contribution is 0.662. The maximum atomic E-state index is 9.35. The van der Waals surface area contributed by atoms with Crippen molar-refractivity contribution < 1.29 is 4.42 Å². The molecule has 0 aliphatic heterocycles. The van der Waals surface area contributed by atoms with Crippen LogP contribution >= 0.6 is 0 Å². The van der Waals surface area contributed by atoms with E-state index >= 15 is 0 Å². The summed E-state index contributed by atoms with van der Waals surface area (Å²) in [4.78, 5) is 3.71. The van der Waals surface area contributed by atoms with Gasteiger partial charge in [0, 0.05) is 27.2 Å². The van der Waals surface area contributed by atoms with Crippen LogP contribution in [0.4, 0.5) is 5.69 Å². The maximum absolute atomic E-state index is 9.35. The van der Waals surface area contributed by atoms with Crippen LogP contribution in [0, 0.1) is 17.9 Å². The Balaban J connectivity index is 1.31. The molecule has 0 fully saturated rings. The van der Waals surface area contributed by atoms with Gasteiger partial charge < -0.3 is 8.98 Å². The van der Waals surface area contributed by atoms with E-state index in [9.17, 15) is 5.26 Å². The number of fused-ring (bicyclic) bond motifs is 6. The molecule has 0 radical (unpaired) electrons. The zero-order valence-corrected chi connectivity index (χ0v) is 20.5. The van der Waals surface area contributed by atoms with Gasteiger partial charge >= 0.3 is 0 Å². The molecule has 0 atom stereocenters. The van der Waals surface area contributed by atoms with E-state index in [0.29, 0.717) is 11.3 Å². The molecular formula is C34H21N3O.